The van der Waals surface area contributed by atoms with Crippen molar-refractivity contribution in [1.82, 2.24) is 4.98 Å². The molecule has 14 heavy (non-hydrogen) atoms. The van der Waals surface area contributed by atoms with Gasteiger partial charge in [-0.15, -0.1) is 0 Å². The van der Waals surface area contributed by atoms with E-state index >= 15 is 0 Å². The topological polar surface area (TPSA) is 15.8 Å². The van der Waals surface area contributed by atoms with Crippen molar-refractivity contribution in [2.75, 3.05) is 0 Å². The Balaban J connectivity index is 2.47. The predicted molar refractivity (Wildman–Crippen MR) is 50.9 cm³/mol. The molecule has 0 bridgehead atoms. The van der Waals surface area contributed by atoms with Gasteiger partial charge >= 0.3 is 0 Å². The van der Waals surface area contributed by atoms with Crippen LogP contribution in [0.2, 0.25) is 0 Å². The summed E-state index contributed by atoms with van der Waals surface area (Å²) in [7, 11) is 0. The SMILES string of the molecule is Cc1c[nH]c(-c2ccc(F)c(F)c2)c1. The zero-order valence-corrected chi connectivity index (χ0v) is 7.64. The summed E-state index contributed by atoms with van der Waals surface area (Å²) in [5, 5.41) is 0. The van der Waals surface area contributed by atoms with Crippen LogP contribution in [0, 0.1) is 18.6 Å². The Kier molecular flexibility index (Phi) is 2.08. The molecular formula is C11H9F2N. The van der Waals surface area contributed by atoms with Gasteiger partial charge in [0, 0.05) is 17.5 Å². The zero-order chi connectivity index (χ0) is 10.1. The van der Waals surface area contributed by atoms with Gasteiger partial charge in [0.1, 0.15) is 0 Å². The highest BCUT2D eigenvalue weighted by molar-refractivity contribution is 5.60. The second-order valence-corrected chi connectivity index (χ2v) is 3.22. The number of nitrogens with one attached hydrogen (secondary N) is 1. The molecule has 0 aliphatic carbocycles. The lowest BCUT2D eigenvalue weighted by Gasteiger charge is -1.98. The van der Waals surface area contributed by atoms with Gasteiger partial charge in [0.2, 0.25) is 0 Å². The van der Waals surface area contributed by atoms with Crippen LogP contribution in [-0.2, 0) is 0 Å². The van der Waals surface area contributed by atoms with Crippen LogP contribution in [0.5, 0.6) is 0 Å². The van der Waals surface area contributed by atoms with Crippen molar-refractivity contribution in [3.63, 3.8) is 0 Å². The first-order valence-electron chi connectivity index (χ1n) is 4.27. The molecule has 0 aliphatic heterocycles. The van der Waals surface area contributed by atoms with Crippen LogP contribution >= 0.6 is 0 Å². The third-order valence-electron chi connectivity index (χ3n) is 2.06. The van der Waals surface area contributed by atoms with Gasteiger partial charge in [-0.3, -0.25) is 0 Å². The summed E-state index contributed by atoms with van der Waals surface area (Å²) in [5.41, 5.74) is 2.50. The average Bonchev–Trinajstić information content (AvgIpc) is 2.57. The van der Waals surface area contributed by atoms with E-state index in [0.717, 1.165) is 17.3 Å². The van der Waals surface area contributed by atoms with Crippen LogP contribution < -0.4 is 0 Å². The molecular weight excluding hydrogens is 184 g/mol. The molecule has 1 nitrogen and oxygen atoms in total. The summed E-state index contributed by atoms with van der Waals surface area (Å²) >= 11 is 0. The van der Waals surface area contributed by atoms with Gasteiger partial charge in [-0.2, -0.15) is 0 Å². The molecule has 1 heterocycles. The predicted octanol–water partition coefficient (Wildman–Crippen LogP) is 3.27. The van der Waals surface area contributed by atoms with Crippen molar-refractivity contribution in [3.8, 4) is 11.3 Å². The van der Waals surface area contributed by atoms with Crippen molar-refractivity contribution in [1.29, 1.82) is 0 Å². The molecule has 2 rings (SSSR count). The smallest absolute Gasteiger partial charge is 0.159 e. The molecule has 0 fully saturated rings. The van der Waals surface area contributed by atoms with Gasteiger partial charge in [0.25, 0.3) is 0 Å². The van der Waals surface area contributed by atoms with E-state index in [1.165, 1.54) is 6.07 Å². The Morgan fingerprint density at radius 1 is 1.07 bits per heavy atom. The van der Waals surface area contributed by atoms with E-state index < -0.39 is 11.6 Å². The maximum absolute atomic E-state index is 12.9. The van der Waals surface area contributed by atoms with Crippen LogP contribution in [-0.4, -0.2) is 4.98 Å². The molecule has 72 valence electrons. The third-order valence-corrected chi connectivity index (χ3v) is 2.06. The number of benzene rings is 1. The fourth-order valence-electron chi connectivity index (χ4n) is 1.33. The minimum Gasteiger partial charge on any atom is -0.361 e. The minimum atomic E-state index is -0.824. The monoisotopic (exact) mass is 193 g/mol. The van der Waals surface area contributed by atoms with Gasteiger partial charge in [-0.1, -0.05) is 0 Å². The molecule has 3 heteroatoms. The van der Waals surface area contributed by atoms with E-state index in [9.17, 15) is 8.78 Å². The van der Waals surface area contributed by atoms with Crippen LogP contribution in [0.3, 0.4) is 0 Å². The molecule has 0 saturated heterocycles. The lowest BCUT2D eigenvalue weighted by atomic mass is 10.1. The van der Waals surface area contributed by atoms with Crippen LogP contribution in [0.1, 0.15) is 5.56 Å². The number of hydrogen-bond donors (Lipinski definition) is 1. The van der Waals surface area contributed by atoms with Gasteiger partial charge in [0.15, 0.2) is 11.6 Å². The molecule has 0 aliphatic rings. The molecule has 1 aromatic carbocycles. The standard InChI is InChI=1S/C11H9F2N/c1-7-4-11(14-6-7)8-2-3-9(12)10(13)5-8/h2-6,14H,1H3. The first-order valence-corrected chi connectivity index (χ1v) is 4.27. The number of halogens is 2. The molecule has 0 unspecified atom stereocenters. The lowest BCUT2D eigenvalue weighted by Crippen LogP contribution is -1.84. The zero-order valence-electron chi connectivity index (χ0n) is 7.64. The molecule has 2 aromatic rings. The summed E-state index contributed by atoms with van der Waals surface area (Å²) < 4.78 is 25.5. The van der Waals surface area contributed by atoms with Crippen LogP contribution in [0.25, 0.3) is 11.3 Å². The quantitative estimate of drug-likeness (QED) is 0.715. The van der Waals surface area contributed by atoms with Crippen LogP contribution in [0.15, 0.2) is 30.5 Å². The second kappa shape index (κ2) is 3.25. The molecule has 0 atom stereocenters. The van der Waals surface area contributed by atoms with E-state index in [4.69, 9.17) is 0 Å². The Morgan fingerprint density at radius 3 is 2.43 bits per heavy atom. The maximum atomic E-state index is 12.9. The average molecular weight is 193 g/mol. The molecule has 0 saturated carbocycles. The largest absolute Gasteiger partial charge is 0.361 e. The van der Waals surface area contributed by atoms with Crippen molar-refractivity contribution in [2.45, 2.75) is 6.92 Å². The van der Waals surface area contributed by atoms with Gasteiger partial charge in [-0.05, 0) is 36.8 Å². The number of aromatic nitrogens is 1. The summed E-state index contributed by atoms with van der Waals surface area (Å²) in [5.74, 6) is -1.65. The highest BCUT2D eigenvalue weighted by atomic mass is 19.2. The third kappa shape index (κ3) is 1.53. The van der Waals surface area contributed by atoms with Crippen LogP contribution in [0.4, 0.5) is 8.78 Å². The second-order valence-electron chi connectivity index (χ2n) is 3.22. The molecule has 1 N–H and O–H groups in total. The first-order chi connectivity index (χ1) is 6.66. The fourth-order valence-corrected chi connectivity index (χ4v) is 1.33. The first kappa shape index (κ1) is 8.94. The Hall–Kier alpha value is -1.64. The Labute approximate surface area is 80.4 Å². The Morgan fingerprint density at radius 2 is 1.86 bits per heavy atom. The van der Waals surface area contributed by atoms with Crippen molar-refractivity contribution in [3.05, 3.63) is 47.7 Å². The fraction of sp³-hybridized carbons (Fsp3) is 0.0909. The van der Waals surface area contributed by atoms with E-state index in [1.807, 2.05) is 19.2 Å². The van der Waals surface area contributed by atoms with E-state index in [-0.39, 0.29) is 0 Å². The van der Waals surface area contributed by atoms with E-state index in [0.29, 0.717) is 5.56 Å². The Bertz CT molecular complexity index is 460. The lowest BCUT2D eigenvalue weighted by molar-refractivity contribution is 0.509. The highest BCUT2D eigenvalue weighted by Gasteiger charge is 2.05. The normalized spacial score (nSPS) is 10.5. The summed E-state index contributed by atoms with van der Waals surface area (Å²) in [6.07, 6.45) is 1.82. The molecule has 0 radical (unpaired) electrons. The van der Waals surface area contributed by atoms with E-state index in [2.05, 4.69) is 4.98 Å². The van der Waals surface area contributed by atoms with Gasteiger partial charge < -0.3 is 4.98 Å². The number of hydrogen-bond acceptors (Lipinski definition) is 0. The summed E-state index contributed by atoms with van der Waals surface area (Å²) in [4.78, 5) is 2.98. The van der Waals surface area contributed by atoms with Crippen molar-refractivity contribution < 1.29 is 8.78 Å². The summed E-state index contributed by atoms with van der Waals surface area (Å²) in [6.45, 7) is 1.93. The number of aryl methyl sites for hydroxylation is 1. The van der Waals surface area contributed by atoms with Crippen molar-refractivity contribution in [2.24, 2.45) is 0 Å². The van der Waals surface area contributed by atoms with Gasteiger partial charge in [-0.25, -0.2) is 8.78 Å². The molecule has 1 aromatic heterocycles. The number of rotatable bonds is 1. The van der Waals surface area contributed by atoms with Crippen molar-refractivity contribution >= 4 is 0 Å². The minimum absolute atomic E-state index is 0.650. The number of aromatic amines is 1. The maximum Gasteiger partial charge on any atom is 0.159 e. The van der Waals surface area contributed by atoms with Gasteiger partial charge in [0.05, 0.1) is 0 Å². The summed E-state index contributed by atoms with van der Waals surface area (Å²) in [6, 6.07) is 5.73. The highest BCUT2D eigenvalue weighted by Crippen LogP contribution is 2.20. The molecule has 0 amide bonds. The number of H-pyrrole nitrogens is 1. The van der Waals surface area contributed by atoms with E-state index in [1.54, 1.807) is 6.07 Å². The molecule has 0 spiro atoms.